The molecule has 0 bridgehead atoms. The molecule has 1 amide bonds. The maximum atomic E-state index is 12.3. The summed E-state index contributed by atoms with van der Waals surface area (Å²) in [4.78, 5) is 35.0. The molecule has 0 spiro atoms. The molecular weight excluding hydrogens is 453 g/mol. The van der Waals surface area contributed by atoms with Crippen LogP contribution in [0.25, 0.3) is 28.6 Å². The number of pyridine rings is 1. The van der Waals surface area contributed by atoms with Crippen molar-refractivity contribution in [3.63, 3.8) is 0 Å². The molecule has 0 aliphatic rings. The van der Waals surface area contributed by atoms with E-state index in [1.54, 1.807) is 12.3 Å². The van der Waals surface area contributed by atoms with Crippen molar-refractivity contribution < 1.29 is 4.79 Å². The summed E-state index contributed by atoms with van der Waals surface area (Å²) in [5.41, 5.74) is 3.65. The van der Waals surface area contributed by atoms with E-state index < -0.39 is 0 Å². The molecule has 0 saturated heterocycles. The average molecular weight is 475 g/mol. The second kappa shape index (κ2) is 8.19. The van der Waals surface area contributed by atoms with Crippen molar-refractivity contribution >= 4 is 39.0 Å². The number of imidazole rings is 1. The quantitative estimate of drug-likeness (QED) is 0.456. The van der Waals surface area contributed by atoms with Crippen LogP contribution in [0, 0.1) is 12.3 Å². The second-order valence-electron chi connectivity index (χ2n) is 8.48. The first kappa shape index (κ1) is 21.1. The van der Waals surface area contributed by atoms with Gasteiger partial charge in [-0.2, -0.15) is 0 Å². The Morgan fingerprint density at radius 2 is 1.87 bits per heavy atom. The monoisotopic (exact) mass is 475 g/mol. The van der Waals surface area contributed by atoms with Crippen LogP contribution in [-0.2, 0) is 4.79 Å². The van der Waals surface area contributed by atoms with E-state index in [1.807, 2.05) is 62.6 Å². The van der Waals surface area contributed by atoms with Crippen LogP contribution < -0.4 is 9.93 Å². The molecule has 156 valence electrons. The van der Waals surface area contributed by atoms with E-state index >= 15 is 0 Å². The number of hydrogen-bond donors (Lipinski definition) is 1. The van der Waals surface area contributed by atoms with Crippen LogP contribution in [0.5, 0.6) is 0 Å². The van der Waals surface area contributed by atoms with Gasteiger partial charge in [0.15, 0.2) is 0 Å². The molecule has 0 unspecified atom stereocenters. The van der Waals surface area contributed by atoms with E-state index in [2.05, 4.69) is 42.1 Å². The molecule has 4 aromatic heterocycles. The number of rotatable bonds is 4. The molecule has 1 N–H and O–H groups in total. The molecule has 9 heteroatoms. The number of nitrogens with zero attached hydrogens (tertiary/aromatic N) is 6. The number of fused-ring (bicyclic) bond motifs is 1. The van der Waals surface area contributed by atoms with Crippen LogP contribution in [0.4, 0.5) is 5.82 Å². The van der Waals surface area contributed by atoms with Crippen molar-refractivity contribution in [2.75, 3.05) is 5.32 Å². The summed E-state index contributed by atoms with van der Waals surface area (Å²) < 4.78 is 2.45. The van der Waals surface area contributed by atoms with Gasteiger partial charge in [0, 0.05) is 0 Å². The number of aromatic nitrogens is 6. The van der Waals surface area contributed by atoms with Crippen LogP contribution in [-0.4, -0.2) is 52.1 Å². The van der Waals surface area contributed by atoms with Crippen LogP contribution in [0.15, 0.2) is 42.7 Å². The van der Waals surface area contributed by atoms with Crippen LogP contribution in [0.2, 0.25) is 0 Å². The fourth-order valence-corrected chi connectivity index (χ4v) is 3.61. The Morgan fingerprint density at radius 3 is 2.58 bits per heavy atom. The maximum absolute atomic E-state index is 12.3. The van der Waals surface area contributed by atoms with E-state index in [1.165, 1.54) is 0 Å². The molecule has 4 rings (SSSR count). The van der Waals surface area contributed by atoms with Crippen LogP contribution in [0.1, 0.15) is 32.9 Å². The third kappa shape index (κ3) is 4.80. The number of carbonyl (C=O) groups excluding carboxylic acids is 1. The Hall–Kier alpha value is -3.12. The van der Waals surface area contributed by atoms with Gasteiger partial charge in [-0.1, -0.05) is 20.8 Å². The molecule has 4 aromatic rings. The Kier molecular flexibility index (Phi) is 5.58. The second-order valence-corrected chi connectivity index (χ2v) is 9.32. The third-order valence-electron chi connectivity index (χ3n) is 4.47. The molecule has 8 nitrogen and oxygen atoms in total. The number of hydrogen-bond acceptors (Lipinski definition) is 6. The molecular formula is C22H22AsN7O. The van der Waals surface area contributed by atoms with Gasteiger partial charge in [-0.15, -0.1) is 0 Å². The van der Waals surface area contributed by atoms with Gasteiger partial charge in [-0.25, -0.2) is 0 Å². The standard InChI is InChI=1S/C22H22AsN7O/c1-13-6-5-7-14(25-13)18-19(15-8-10-24-20(23)26-15)30-11-9-16(28-21(30)29-18)27-17(31)12-22(2,3)4/h5-11H,12H2,1-4H3,(H,27,28,29,31). The number of carbonyl (C=O) groups is 1. The minimum absolute atomic E-state index is 0.0825. The Balaban J connectivity index is 1.83. The Labute approximate surface area is 189 Å². The predicted molar refractivity (Wildman–Crippen MR) is 120 cm³/mol. The first-order valence-electron chi connectivity index (χ1n) is 9.85. The van der Waals surface area contributed by atoms with Crippen molar-refractivity contribution in [1.29, 1.82) is 0 Å². The van der Waals surface area contributed by atoms with E-state index in [0.717, 1.165) is 17.1 Å². The van der Waals surface area contributed by atoms with Gasteiger partial charge < -0.3 is 0 Å². The normalized spacial score (nSPS) is 11.6. The summed E-state index contributed by atoms with van der Waals surface area (Å²) in [6.45, 7) is 8.00. The predicted octanol–water partition coefficient (Wildman–Crippen LogP) is 2.73. The molecule has 0 atom stereocenters. The number of nitrogens with one attached hydrogen (secondary N) is 1. The number of aryl methyl sites for hydroxylation is 1. The topological polar surface area (TPSA) is 98.0 Å². The zero-order valence-corrected chi connectivity index (χ0v) is 19.7. The number of amides is 1. The molecule has 31 heavy (non-hydrogen) atoms. The molecule has 0 aliphatic heterocycles. The average Bonchev–Trinajstić information content (AvgIpc) is 3.05. The fourth-order valence-electron chi connectivity index (χ4n) is 3.25. The van der Waals surface area contributed by atoms with Crippen molar-refractivity contribution in [2.24, 2.45) is 5.41 Å². The SMILES string of the molecule is Cc1cccc(-c2nc3nc(NC(=O)CC(C)(C)C)ccn3c2-c2ccnc([As])n2)n1. The molecule has 0 saturated carbocycles. The van der Waals surface area contributed by atoms with Gasteiger partial charge in [0.25, 0.3) is 0 Å². The summed E-state index contributed by atoms with van der Waals surface area (Å²) in [7, 11) is 0. The summed E-state index contributed by atoms with van der Waals surface area (Å²) in [6, 6.07) is 9.38. The summed E-state index contributed by atoms with van der Waals surface area (Å²) >= 11 is 2.34. The van der Waals surface area contributed by atoms with Gasteiger partial charge in [-0.3, -0.25) is 0 Å². The van der Waals surface area contributed by atoms with E-state index in [-0.39, 0.29) is 11.3 Å². The van der Waals surface area contributed by atoms with Crippen molar-refractivity contribution in [3.05, 3.63) is 48.4 Å². The van der Waals surface area contributed by atoms with Gasteiger partial charge in [0.1, 0.15) is 0 Å². The van der Waals surface area contributed by atoms with E-state index in [0.29, 0.717) is 34.0 Å². The number of anilines is 1. The third-order valence-corrected chi connectivity index (χ3v) is 4.92. The molecule has 0 aromatic carbocycles. The zero-order valence-electron chi connectivity index (χ0n) is 17.8. The molecule has 0 fully saturated rings. The first-order valence-corrected chi connectivity index (χ1v) is 10.8. The molecule has 4 heterocycles. The minimum atomic E-state index is -0.109. The van der Waals surface area contributed by atoms with E-state index in [9.17, 15) is 4.79 Å². The molecule has 0 aliphatic carbocycles. The molecule has 2 radical (unpaired) electrons. The first-order chi connectivity index (χ1) is 14.7. The van der Waals surface area contributed by atoms with Gasteiger partial charge in [-0.05, 0) is 0 Å². The fraction of sp³-hybridized carbons (Fsp3) is 0.273. The van der Waals surface area contributed by atoms with Gasteiger partial charge in [0.2, 0.25) is 0 Å². The van der Waals surface area contributed by atoms with E-state index in [4.69, 9.17) is 4.98 Å². The zero-order chi connectivity index (χ0) is 22.2. The van der Waals surface area contributed by atoms with Crippen LogP contribution in [0.3, 0.4) is 0 Å². The summed E-state index contributed by atoms with van der Waals surface area (Å²) in [5.74, 6) is 0.825. The Morgan fingerprint density at radius 1 is 1.06 bits per heavy atom. The van der Waals surface area contributed by atoms with Crippen molar-refractivity contribution in [3.8, 4) is 22.8 Å². The summed E-state index contributed by atoms with van der Waals surface area (Å²) in [6.07, 6.45) is 3.94. The summed E-state index contributed by atoms with van der Waals surface area (Å²) in [5, 5.41) is 2.87. The van der Waals surface area contributed by atoms with Gasteiger partial charge in [0.05, 0.1) is 0 Å². The van der Waals surface area contributed by atoms with Crippen molar-refractivity contribution in [1.82, 2.24) is 29.3 Å². The Bertz CT molecular complexity index is 1280. The van der Waals surface area contributed by atoms with Crippen molar-refractivity contribution in [2.45, 2.75) is 34.1 Å². The van der Waals surface area contributed by atoms with Crippen LogP contribution >= 0.6 is 0 Å². The van der Waals surface area contributed by atoms with Gasteiger partial charge >= 0.3 is 168 Å².